The lowest BCUT2D eigenvalue weighted by molar-refractivity contribution is 0.0902. The van der Waals surface area contributed by atoms with Gasteiger partial charge in [0.05, 0.1) is 5.52 Å². The van der Waals surface area contributed by atoms with Gasteiger partial charge in [0.1, 0.15) is 12.5 Å². The monoisotopic (exact) mass is 291 g/mol. The van der Waals surface area contributed by atoms with Crippen molar-refractivity contribution >= 4 is 25.1 Å². The molecule has 0 saturated heterocycles. The van der Waals surface area contributed by atoms with Gasteiger partial charge in [-0.3, -0.25) is 0 Å². The van der Waals surface area contributed by atoms with Crippen LogP contribution in [0.25, 0.3) is 17.0 Å². The molecule has 0 unspecified atom stereocenters. The van der Waals surface area contributed by atoms with Crippen LogP contribution in [-0.2, 0) is 11.5 Å². The lowest BCUT2D eigenvalue weighted by Crippen LogP contribution is -2.22. The van der Waals surface area contributed by atoms with Gasteiger partial charge in [0.15, 0.2) is 0 Å². The van der Waals surface area contributed by atoms with Gasteiger partial charge in [-0.1, -0.05) is 32.3 Å². The van der Waals surface area contributed by atoms with Gasteiger partial charge in [0.2, 0.25) is 0 Å². The molecule has 1 aromatic carbocycles. The highest BCUT2D eigenvalue weighted by atomic mass is 28.3. The first-order valence-corrected chi connectivity index (χ1v) is 10.6. The molecule has 0 aliphatic heterocycles. The van der Waals surface area contributed by atoms with Crippen molar-refractivity contribution in [2.24, 2.45) is 0 Å². The summed E-state index contributed by atoms with van der Waals surface area (Å²) < 4.78 is 21.2. The summed E-state index contributed by atoms with van der Waals surface area (Å²) in [5.74, 6) is -0.232. The van der Waals surface area contributed by atoms with E-state index in [0.29, 0.717) is 6.73 Å². The predicted octanol–water partition coefficient (Wildman–Crippen LogP) is 4.74. The number of benzene rings is 1. The highest BCUT2D eigenvalue weighted by Crippen LogP contribution is 2.23. The largest absolute Gasteiger partial charge is 0.361 e. The summed E-state index contributed by atoms with van der Waals surface area (Å²) >= 11 is 0. The topological polar surface area (TPSA) is 14.2 Å². The Morgan fingerprint density at radius 2 is 2.10 bits per heavy atom. The molecule has 1 heterocycles. The maximum absolute atomic E-state index is 13.4. The molecular formula is C16H22FNOSi. The zero-order chi connectivity index (χ0) is 14.8. The number of hydrogen-bond donors (Lipinski definition) is 0. The van der Waals surface area contributed by atoms with E-state index in [2.05, 4.69) is 26.2 Å². The molecule has 20 heavy (non-hydrogen) atoms. The molecule has 0 bridgehead atoms. The van der Waals surface area contributed by atoms with Gasteiger partial charge in [0.25, 0.3) is 0 Å². The Kier molecular flexibility index (Phi) is 4.45. The quantitative estimate of drug-likeness (QED) is 0.554. The minimum absolute atomic E-state index is 0.232. The van der Waals surface area contributed by atoms with E-state index in [4.69, 9.17) is 4.74 Å². The molecule has 1 aromatic heterocycles. The molecule has 4 heteroatoms. The summed E-state index contributed by atoms with van der Waals surface area (Å²) in [6.07, 6.45) is 3.62. The first kappa shape index (κ1) is 15.0. The number of halogens is 1. The second kappa shape index (κ2) is 5.93. The Labute approximate surface area is 120 Å². The van der Waals surface area contributed by atoms with E-state index >= 15 is 0 Å². The van der Waals surface area contributed by atoms with Gasteiger partial charge in [-0.2, -0.15) is 0 Å². The van der Waals surface area contributed by atoms with Crippen molar-refractivity contribution in [2.45, 2.75) is 32.4 Å². The Bertz CT molecular complexity index is 613. The maximum atomic E-state index is 13.4. The molecule has 0 saturated carbocycles. The predicted molar refractivity (Wildman–Crippen MR) is 86.1 cm³/mol. The lowest BCUT2D eigenvalue weighted by Gasteiger charge is -2.16. The van der Waals surface area contributed by atoms with Crippen LogP contribution >= 0.6 is 0 Å². The molecule has 0 amide bonds. The molecule has 2 aromatic rings. The van der Waals surface area contributed by atoms with E-state index in [-0.39, 0.29) is 5.82 Å². The van der Waals surface area contributed by atoms with Crippen LogP contribution < -0.4 is 0 Å². The maximum Gasteiger partial charge on any atom is 0.124 e. The van der Waals surface area contributed by atoms with Crippen LogP contribution in [0.4, 0.5) is 4.39 Å². The zero-order valence-corrected chi connectivity index (χ0v) is 13.4. The normalized spacial score (nSPS) is 12.0. The van der Waals surface area contributed by atoms with E-state index in [0.717, 1.165) is 29.1 Å². The third-order valence-corrected chi connectivity index (χ3v) is 5.01. The molecule has 0 aliphatic rings. The number of aromatic nitrogens is 1. The molecular weight excluding hydrogens is 269 g/mol. The summed E-state index contributed by atoms with van der Waals surface area (Å²) in [7, 11) is -1.06. The fourth-order valence-electron chi connectivity index (χ4n) is 2.15. The Morgan fingerprint density at radius 3 is 2.75 bits per heavy atom. The number of ether oxygens (including phenoxy) is 1. The van der Waals surface area contributed by atoms with Crippen LogP contribution in [0.5, 0.6) is 0 Å². The van der Waals surface area contributed by atoms with Crippen molar-refractivity contribution in [2.75, 3.05) is 6.61 Å². The number of nitrogens with zero attached hydrogens (tertiary/aromatic N) is 1. The second-order valence-electron chi connectivity index (χ2n) is 6.27. The van der Waals surface area contributed by atoms with Gasteiger partial charge in [0, 0.05) is 31.8 Å². The molecule has 108 valence electrons. The number of rotatable bonds is 6. The average Bonchev–Trinajstić information content (AvgIpc) is 2.75. The molecule has 0 N–H and O–H groups in total. The number of hydrogen-bond acceptors (Lipinski definition) is 1. The summed E-state index contributed by atoms with van der Waals surface area (Å²) in [5, 5.41) is 0.883. The van der Waals surface area contributed by atoms with Crippen LogP contribution in [0.1, 0.15) is 5.56 Å². The number of fused-ring (bicyclic) bond motifs is 1. The third-order valence-electron chi connectivity index (χ3n) is 3.30. The highest BCUT2D eigenvalue weighted by Gasteiger charge is 2.12. The van der Waals surface area contributed by atoms with Crippen molar-refractivity contribution in [1.29, 1.82) is 0 Å². The van der Waals surface area contributed by atoms with E-state index in [1.165, 1.54) is 6.07 Å². The smallest absolute Gasteiger partial charge is 0.124 e. The van der Waals surface area contributed by atoms with Crippen LogP contribution in [0, 0.1) is 5.82 Å². The zero-order valence-electron chi connectivity index (χ0n) is 12.4. The van der Waals surface area contributed by atoms with Gasteiger partial charge in [-0.25, -0.2) is 4.39 Å². The van der Waals surface area contributed by atoms with E-state index in [1.54, 1.807) is 12.1 Å². The highest BCUT2D eigenvalue weighted by molar-refractivity contribution is 6.76. The first-order chi connectivity index (χ1) is 9.40. The van der Waals surface area contributed by atoms with Gasteiger partial charge >= 0.3 is 0 Å². The van der Waals surface area contributed by atoms with Crippen molar-refractivity contribution < 1.29 is 9.13 Å². The molecule has 0 atom stereocenters. The van der Waals surface area contributed by atoms with Crippen LogP contribution in [-0.4, -0.2) is 19.2 Å². The van der Waals surface area contributed by atoms with Gasteiger partial charge in [-0.05, 0) is 24.2 Å². The SMILES string of the molecule is C=Cc1cc(F)cc2ccn(COCC[Si](C)(C)C)c12. The average molecular weight is 291 g/mol. The minimum Gasteiger partial charge on any atom is -0.361 e. The summed E-state index contributed by atoms with van der Waals surface area (Å²) in [6.45, 7) is 12.0. The van der Waals surface area contributed by atoms with Crippen LogP contribution in [0.15, 0.2) is 31.0 Å². The first-order valence-electron chi connectivity index (χ1n) is 6.89. The standard InChI is InChI=1S/C16H22FNOSi/c1-5-13-10-15(17)11-14-6-7-18(16(13)14)12-19-8-9-20(2,3)4/h5-7,10-11H,1,8-9,12H2,2-4H3. The van der Waals surface area contributed by atoms with E-state index in [9.17, 15) is 4.39 Å². The molecule has 0 aliphatic carbocycles. The fraction of sp³-hybridized carbons (Fsp3) is 0.375. The lowest BCUT2D eigenvalue weighted by atomic mass is 10.1. The minimum atomic E-state index is -1.06. The second-order valence-corrected chi connectivity index (χ2v) is 11.9. The van der Waals surface area contributed by atoms with E-state index < -0.39 is 8.07 Å². The molecule has 0 radical (unpaired) electrons. The van der Waals surface area contributed by atoms with Gasteiger partial charge in [-0.15, -0.1) is 0 Å². The summed E-state index contributed by atoms with van der Waals surface area (Å²) in [5.41, 5.74) is 1.79. The Morgan fingerprint density at radius 1 is 1.35 bits per heavy atom. The molecule has 0 spiro atoms. The van der Waals surface area contributed by atoms with Crippen LogP contribution in [0.2, 0.25) is 25.7 Å². The summed E-state index contributed by atoms with van der Waals surface area (Å²) in [4.78, 5) is 0. The molecule has 2 rings (SSSR count). The Hall–Kier alpha value is -1.39. The fourth-order valence-corrected chi connectivity index (χ4v) is 2.91. The Balaban J connectivity index is 2.13. The van der Waals surface area contributed by atoms with Crippen molar-refractivity contribution in [3.63, 3.8) is 0 Å². The van der Waals surface area contributed by atoms with Crippen molar-refractivity contribution in [1.82, 2.24) is 4.57 Å². The van der Waals surface area contributed by atoms with E-state index in [1.807, 2.05) is 16.8 Å². The van der Waals surface area contributed by atoms with Crippen molar-refractivity contribution in [3.05, 3.63) is 42.4 Å². The summed E-state index contributed by atoms with van der Waals surface area (Å²) in [6, 6.07) is 6.11. The van der Waals surface area contributed by atoms with Gasteiger partial charge < -0.3 is 9.30 Å². The molecule has 0 fully saturated rings. The molecule has 2 nitrogen and oxygen atoms in total. The third kappa shape index (κ3) is 3.58. The van der Waals surface area contributed by atoms with Crippen molar-refractivity contribution in [3.8, 4) is 0 Å². The van der Waals surface area contributed by atoms with Crippen LogP contribution in [0.3, 0.4) is 0 Å².